The molecule has 1 heterocycles. The summed E-state index contributed by atoms with van der Waals surface area (Å²) in [6.45, 7) is 13.0. The van der Waals surface area contributed by atoms with Crippen LogP contribution in [-0.2, 0) is 15.1 Å². The fourth-order valence-corrected chi connectivity index (χ4v) is 3.60. The largest absolute Gasteiger partial charge is 0.444 e. The van der Waals surface area contributed by atoms with Crippen LogP contribution in [0.3, 0.4) is 0 Å². The van der Waals surface area contributed by atoms with Gasteiger partial charge in [0, 0.05) is 12.6 Å². The topological polar surface area (TPSA) is 70.1 Å². The minimum absolute atomic E-state index is 0.0612. The van der Waals surface area contributed by atoms with E-state index in [9.17, 15) is 14.7 Å². The second-order valence-corrected chi connectivity index (χ2v) is 8.45. The van der Waals surface area contributed by atoms with Crippen molar-refractivity contribution >= 4 is 12.0 Å². The van der Waals surface area contributed by atoms with E-state index >= 15 is 0 Å². The summed E-state index contributed by atoms with van der Waals surface area (Å²) in [6.07, 6.45) is 1.46. The summed E-state index contributed by atoms with van der Waals surface area (Å²) in [7, 11) is 0. The Hall–Kier alpha value is -2.34. The zero-order valence-electron chi connectivity index (χ0n) is 17.9. The maximum absolute atomic E-state index is 12.2. The van der Waals surface area contributed by atoms with Crippen molar-refractivity contribution in [3.05, 3.63) is 47.2 Å². The van der Waals surface area contributed by atoms with E-state index in [0.717, 1.165) is 16.8 Å². The Labute approximate surface area is 167 Å². The summed E-state index contributed by atoms with van der Waals surface area (Å²) >= 11 is 0. The van der Waals surface area contributed by atoms with Crippen LogP contribution in [0.4, 0.5) is 4.79 Å². The molecule has 0 spiro atoms. The van der Waals surface area contributed by atoms with Crippen LogP contribution in [0.2, 0.25) is 0 Å². The number of aliphatic hydroxyl groups is 1. The van der Waals surface area contributed by atoms with E-state index in [-0.39, 0.29) is 25.0 Å². The molecule has 0 bridgehead atoms. The fourth-order valence-electron chi connectivity index (χ4n) is 3.60. The second kappa shape index (κ2) is 7.95. The lowest BCUT2D eigenvalue weighted by Gasteiger charge is -2.48. The first-order chi connectivity index (χ1) is 12.9. The number of amides is 2. The Kier molecular flexibility index (Phi) is 6.24. The third kappa shape index (κ3) is 4.55. The molecule has 2 rings (SSSR count). The van der Waals surface area contributed by atoms with Crippen molar-refractivity contribution in [2.75, 3.05) is 13.1 Å². The molecule has 1 aliphatic heterocycles. The van der Waals surface area contributed by atoms with Gasteiger partial charge in [0.25, 0.3) is 0 Å². The van der Waals surface area contributed by atoms with Gasteiger partial charge in [-0.3, -0.25) is 4.79 Å². The third-order valence-corrected chi connectivity index (χ3v) is 4.99. The Morgan fingerprint density at radius 2 is 1.82 bits per heavy atom. The standard InChI is InChI=1S/C22H32N2O4/c1-8-15(2)24(17(4)25)16(3)18-11-9-10-12-19(18)22(27)13-23(14-22)20(26)28-21(5,6)7/h8-12,16,27H,13-14H2,1-7H3. The van der Waals surface area contributed by atoms with Crippen LogP contribution >= 0.6 is 0 Å². The predicted molar refractivity (Wildman–Crippen MR) is 109 cm³/mol. The number of hydrogen-bond acceptors (Lipinski definition) is 4. The molecular weight excluding hydrogens is 356 g/mol. The van der Waals surface area contributed by atoms with E-state index in [1.165, 1.54) is 11.8 Å². The maximum atomic E-state index is 12.2. The van der Waals surface area contributed by atoms with Crippen molar-refractivity contribution in [1.82, 2.24) is 9.80 Å². The Balaban J connectivity index is 2.28. The summed E-state index contributed by atoms with van der Waals surface area (Å²) in [4.78, 5) is 27.7. The van der Waals surface area contributed by atoms with E-state index in [0.29, 0.717) is 0 Å². The minimum atomic E-state index is -1.16. The molecule has 1 atom stereocenters. The summed E-state index contributed by atoms with van der Waals surface area (Å²) < 4.78 is 5.38. The molecular formula is C22H32N2O4. The van der Waals surface area contributed by atoms with Crippen LogP contribution in [0.1, 0.15) is 65.6 Å². The van der Waals surface area contributed by atoms with Crippen LogP contribution in [0.25, 0.3) is 0 Å². The van der Waals surface area contributed by atoms with Crippen molar-refractivity contribution in [3.8, 4) is 0 Å². The molecule has 2 amide bonds. The number of rotatable bonds is 4. The maximum Gasteiger partial charge on any atom is 0.410 e. The van der Waals surface area contributed by atoms with Crippen molar-refractivity contribution in [2.45, 2.75) is 65.7 Å². The Bertz CT molecular complexity index is 773. The molecule has 1 unspecified atom stereocenters. The number of likely N-dealkylation sites (tertiary alicyclic amines) is 1. The molecule has 0 aromatic heterocycles. The number of allylic oxidation sites excluding steroid dienone is 2. The quantitative estimate of drug-likeness (QED) is 0.848. The lowest BCUT2D eigenvalue weighted by atomic mass is 9.81. The summed E-state index contributed by atoms with van der Waals surface area (Å²) in [6, 6.07) is 7.30. The smallest absolute Gasteiger partial charge is 0.410 e. The lowest BCUT2D eigenvalue weighted by Crippen LogP contribution is -2.62. The molecule has 1 fully saturated rings. The molecule has 154 valence electrons. The van der Waals surface area contributed by atoms with E-state index in [1.807, 2.05) is 71.9 Å². The molecule has 1 aliphatic rings. The van der Waals surface area contributed by atoms with Crippen LogP contribution in [0.5, 0.6) is 0 Å². The first-order valence-corrected chi connectivity index (χ1v) is 9.62. The van der Waals surface area contributed by atoms with Crippen LogP contribution in [0.15, 0.2) is 36.0 Å². The fraction of sp³-hybridized carbons (Fsp3) is 0.545. The zero-order chi connectivity index (χ0) is 21.3. The van der Waals surface area contributed by atoms with Crippen molar-refractivity contribution in [3.63, 3.8) is 0 Å². The highest BCUT2D eigenvalue weighted by Gasteiger charge is 2.48. The first kappa shape index (κ1) is 22.0. The average molecular weight is 389 g/mol. The van der Waals surface area contributed by atoms with Gasteiger partial charge in [0.2, 0.25) is 5.91 Å². The molecule has 28 heavy (non-hydrogen) atoms. The Morgan fingerprint density at radius 1 is 1.25 bits per heavy atom. The van der Waals surface area contributed by atoms with Crippen LogP contribution in [0, 0.1) is 0 Å². The molecule has 1 aromatic carbocycles. The van der Waals surface area contributed by atoms with Gasteiger partial charge in [0.05, 0.1) is 19.1 Å². The van der Waals surface area contributed by atoms with Crippen LogP contribution < -0.4 is 0 Å². The first-order valence-electron chi connectivity index (χ1n) is 9.62. The molecule has 6 heteroatoms. The Morgan fingerprint density at radius 3 is 2.32 bits per heavy atom. The number of carbonyl (C=O) groups excluding carboxylic acids is 2. The van der Waals surface area contributed by atoms with E-state index in [4.69, 9.17) is 4.74 Å². The predicted octanol–water partition coefficient (Wildman–Crippen LogP) is 3.96. The highest BCUT2D eigenvalue weighted by atomic mass is 16.6. The number of hydrogen-bond donors (Lipinski definition) is 1. The second-order valence-electron chi connectivity index (χ2n) is 8.45. The molecule has 1 saturated heterocycles. The summed E-state index contributed by atoms with van der Waals surface area (Å²) in [5.74, 6) is -0.0612. The van der Waals surface area contributed by atoms with Gasteiger partial charge in [-0.05, 0) is 52.7 Å². The van der Waals surface area contributed by atoms with Gasteiger partial charge < -0.3 is 19.6 Å². The monoisotopic (exact) mass is 388 g/mol. The van der Waals surface area contributed by atoms with Gasteiger partial charge in [0.15, 0.2) is 0 Å². The molecule has 1 aromatic rings. The number of ether oxygens (including phenoxy) is 1. The van der Waals surface area contributed by atoms with E-state index in [1.54, 1.807) is 4.90 Å². The zero-order valence-corrected chi connectivity index (χ0v) is 17.9. The van der Waals surface area contributed by atoms with Crippen molar-refractivity contribution < 1.29 is 19.4 Å². The van der Waals surface area contributed by atoms with E-state index in [2.05, 4.69) is 0 Å². The number of β-amino-alcohol motifs (C(OH)–C–C–N with tert-alkyl or cyclic N) is 1. The third-order valence-electron chi connectivity index (χ3n) is 4.99. The van der Waals surface area contributed by atoms with Gasteiger partial charge in [-0.15, -0.1) is 0 Å². The SMILES string of the molecule is CC=C(C)N(C(C)=O)C(C)c1ccccc1C1(O)CN(C(=O)OC(C)(C)C)C1. The number of carbonyl (C=O) groups is 2. The molecule has 6 nitrogen and oxygen atoms in total. The van der Waals surface area contributed by atoms with Crippen LogP contribution in [-0.4, -0.2) is 45.6 Å². The molecule has 0 radical (unpaired) electrons. The average Bonchev–Trinajstić information content (AvgIpc) is 2.56. The number of nitrogens with zero attached hydrogens (tertiary/aromatic N) is 2. The lowest BCUT2D eigenvalue weighted by molar-refractivity contribution is -0.129. The molecule has 0 aliphatic carbocycles. The van der Waals surface area contributed by atoms with Gasteiger partial charge in [-0.25, -0.2) is 4.79 Å². The summed E-state index contributed by atoms with van der Waals surface area (Å²) in [5, 5.41) is 11.2. The summed E-state index contributed by atoms with van der Waals surface area (Å²) in [5.41, 5.74) is 0.713. The highest BCUT2D eigenvalue weighted by molar-refractivity contribution is 5.76. The minimum Gasteiger partial charge on any atom is -0.444 e. The highest BCUT2D eigenvalue weighted by Crippen LogP contribution is 2.38. The van der Waals surface area contributed by atoms with Crippen molar-refractivity contribution in [1.29, 1.82) is 0 Å². The van der Waals surface area contributed by atoms with Gasteiger partial charge >= 0.3 is 6.09 Å². The normalized spacial score (nSPS) is 17.6. The van der Waals surface area contributed by atoms with Gasteiger partial charge in [-0.2, -0.15) is 0 Å². The molecule has 0 saturated carbocycles. The van der Waals surface area contributed by atoms with Gasteiger partial charge in [0.1, 0.15) is 11.2 Å². The van der Waals surface area contributed by atoms with Crippen molar-refractivity contribution in [2.24, 2.45) is 0 Å². The van der Waals surface area contributed by atoms with Gasteiger partial charge in [-0.1, -0.05) is 30.3 Å². The number of benzene rings is 1. The molecule has 1 N–H and O–H groups in total. The van der Waals surface area contributed by atoms with E-state index < -0.39 is 17.3 Å².